The van der Waals surface area contributed by atoms with Gasteiger partial charge in [0.2, 0.25) is 10.0 Å². The number of carbonyl (C=O) groups is 1. The summed E-state index contributed by atoms with van der Waals surface area (Å²) in [5.41, 5.74) is 1.96. The van der Waals surface area contributed by atoms with Gasteiger partial charge in [0, 0.05) is 37.3 Å². The van der Waals surface area contributed by atoms with E-state index in [0.717, 1.165) is 11.1 Å². The summed E-state index contributed by atoms with van der Waals surface area (Å²) in [6.45, 7) is 6.82. The molecule has 8 nitrogen and oxygen atoms in total. The Hall–Kier alpha value is -2.62. The maximum absolute atomic E-state index is 13.5. The zero-order valence-corrected chi connectivity index (χ0v) is 19.2. The molecule has 0 unspecified atom stereocenters. The fraction of sp³-hybridized carbons (Fsp3) is 0.435. The Bertz CT molecular complexity index is 1100. The Labute approximate surface area is 188 Å². The van der Waals surface area contributed by atoms with Crippen LogP contribution in [0.15, 0.2) is 41.3 Å². The quantitative estimate of drug-likeness (QED) is 0.658. The van der Waals surface area contributed by atoms with E-state index in [1.165, 1.54) is 10.4 Å². The highest BCUT2D eigenvalue weighted by Gasteiger charge is 2.28. The van der Waals surface area contributed by atoms with Crippen LogP contribution in [0.5, 0.6) is 11.5 Å². The van der Waals surface area contributed by atoms with Crippen LogP contribution in [-0.2, 0) is 21.3 Å². The molecule has 0 N–H and O–H groups in total. The first-order chi connectivity index (χ1) is 15.4. The van der Waals surface area contributed by atoms with Crippen molar-refractivity contribution >= 4 is 15.9 Å². The standard InChI is InChI=1S/C23H28N2O6S/c1-3-24(16-18-5-4-6-21-22(18)31-14-13-30-21)23(26)20-15-19(8-7-17(20)2)32(27,28)25-9-11-29-12-10-25/h4-8,15H,3,9-14,16H2,1-2H3. The zero-order chi connectivity index (χ0) is 22.7. The lowest BCUT2D eigenvalue weighted by Gasteiger charge is -2.27. The van der Waals surface area contributed by atoms with Crippen LogP contribution in [0.2, 0.25) is 0 Å². The normalized spacial score (nSPS) is 16.6. The lowest BCUT2D eigenvalue weighted by Crippen LogP contribution is -2.40. The minimum Gasteiger partial charge on any atom is -0.486 e. The molecular formula is C23H28N2O6S. The molecule has 0 radical (unpaired) electrons. The van der Waals surface area contributed by atoms with Gasteiger partial charge >= 0.3 is 0 Å². The van der Waals surface area contributed by atoms with Crippen molar-refractivity contribution in [3.8, 4) is 11.5 Å². The van der Waals surface area contributed by atoms with Crippen LogP contribution < -0.4 is 9.47 Å². The number of rotatable bonds is 6. The third-order valence-electron chi connectivity index (χ3n) is 5.73. The lowest BCUT2D eigenvalue weighted by atomic mass is 10.1. The van der Waals surface area contributed by atoms with Crippen molar-refractivity contribution in [2.75, 3.05) is 46.1 Å². The molecule has 172 valence electrons. The van der Waals surface area contributed by atoms with E-state index in [4.69, 9.17) is 14.2 Å². The molecule has 0 bridgehead atoms. The number of aryl methyl sites for hydroxylation is 1. The Balaban J connectivity index is 1.61. The molecule has 2 aliphatic rings. The number of sulfonamides is 1. The fourth-order valence-corrected chi connectivity index (χ4v) is 5.32. The second kappa shape index (κ2) is 9.48. The van der Waals surface area contributed by atoms with Gasteiger partial charge in [0.25, 0.3) is 5.91 Å². The van der Waals surface area contributed by atoms with Crippen LogP contribution in [0.4, 0.5) is 0 Å². The number of benzene rings is 2. The minimum atomic E-state index is -3.69. The molecule has 2 aromatic carbocycles. The van der Waals surface area contributed by atoms with Crippen molar-refractivity contribution in [3.05, 3.63) is 53.1 Å². The smallest absolute Gasteiger partial charge is 0.254 e. The van der Waals surface area contributed by atoms with Gasteiger partial charge in [0.15, 0.2) is 11.5 Å². The van der Waals surface area contributed by atoms with E-state index in [0.29, 0.717) is 69.7 Å². The van der Waals surface area contributed by atoms with Crippen LogP contribution in [0, 0.1) is 6.92 Å². The molecule has 2 heterocycles. The maximum Gasteiger partial charge on any atom is 0.254 e. The topological polar surface area (TPSA) is 85.4 Å². The highest BCUT2D eigenvalue weighted by Crippen LogP contribution is 2.34. The molecular weight excluding hydrogens is 432 g/mol. The van der Waals surface area contributed by atoms with Crippen molar-refractivity contribution in [1.82, 2.24) is 9.21 Å². The number of hydrogen-bond acceptors (Lipinski definition) is 6. The van der Waals surface area contributed by atoms with Gasteiger partial charge < -0.3 is 19.1 Å². The number of nitrogens with zero attached hydrogens (tertiary/aromatic N) is 2. The van der Waals surface area contributed by atoms with Crippen LogP contribution in [0.25, 0.3) is 0 Å². The first kappa shape index (κ1) is 22.6. The highest BCUT2D eigenvalue weighted by molar-refractivity contribution is 7.89. The van der Waals surface area contributed by atoms with Crippen molar-refractivity contribution in [3.63, 3.8) is 0 Å². The number of morpholine rings is 1. The Morgan fingerprint density at radius 3 is 2.56 bits per heavy atom. The van der Waals surface area contributed by atoms with E-state index in [9.17, 15) is 13.2 Å². The average Bonchev–Trinajstić information content (AvgIpc) is 2.83. The maximum atomic E-state index is 13.5. The van der Waals surface area contributed by atoms with Crippen molar-refractivity contribution in [2.24, 2.45) is 0 Å². The largest absolute Gasteiger partial charge is 0.486 e. The third-order valence-corrected chi connectivity index (χ3v) is 7.62. The second-order valence-electron chi connectivity index (χ2n) is 7.75. The SMILES string of the molecule is CCN(Cc1cccc2c1OCCO2)C(=O)c1cc(S(=O)(=O)N2CCOCC2)ccc1C. The molecule has 1 fully saturated rings. The first-order valence-corrected chi connectivity index (χ1v) is 12.2. The molecule has 2 aromatic rings. The molecule has 2 aliphatic heterocycles. The predicted molar refractivity (Wildman–Crippen MR) is 119 cm³/mol. The van der Waals surface area contributed by atoms with Crippen molar-refractivity contribution in [1.29, 1.82) is 0 Å². The summed E-state index contributed by atoms with van der Waals surface area (Å²) in [5, 5.41) is 0. The number of para-hydroxylation sites is 1. The predicted octanol–water partition coefficient (Wildman–Crippen LogP) is 2.45. The molecule has 0 aliphatic carbocycles. The molecule has 0 saturated carbocycles. The molecule has 0 spiro atoms. The van der Waals surface area contributed by atoms with E-state index in [-0.39, 0.29) is 10.8 Å². The number of fused-ring (bicyclic) bond motifs is 1. The summed E-state index contributed by atoms with van der Waals surface area (Å²) in [6, 6.07) is 10.4. The average molecular weight is 461 g/mol. The van der Waals surface area contributed by atoms with Crippen LogP contribution in [0.3, 0.4) is 0 Å². The van der Waals surface area contributed by atoms with Gasteiger partial charge in [-0.1, -0.05) is 18.2 Å². The van der Waals surface area contributed by atoms with E-state index in [1.807, 2.05) is 32.0 Å². The van der Waals surface area contributed by atoms with Gasteiger partial charge in [0.05, 0.1) is 18.1 Å². The summed E-state index contributed by atoms with van der Waals surface area (Å²) in [7, 11) is -3.69. The van der Waals surface area contributed by atoms with Gasteiger partial charge in [-0.05, 0) is 37.6 Å². The number of ether oxygens (including phenoxy) is 3. The van der Waals surface area contributed by atoms with E-state index >= 15 is 0 Å². The molecule has 0 aromatic heterocycles. The summed E-state index contributed by atoms with van der Waals surface area (Å²) in [5.74, 6) is 1.11. The monoisotopic (exact) mass is 460 g/mol. The van der Waals surface area contributed by atoms with Gasteiger partial charge in [-0.3, -0.25) is 4.79 Å². The van der Waals surface area contributed by atoms with Gasteiger partial charge in [-0.15, -0.1) is 0 Å². The van der Waals surface area contributed by atoms with Crippen LogP contribution >= 0.6 is 0 Å². The van der Waals surface area contributed by atoms with Crippen molar-refractivity contribution in [2.45, 2.75) is 25.3 Å². The second-order valence-corrected chi connectivity index (χ2v) is 9.69. The number of amides is 1. The van der Waals surface area contributed by atoms with Gasteiger partial charge in [-0.25, -0.2) is 8.42 Å². The summed E-state index contributed by atoms with van der Waals surface area (Å²) in [6.07, 6.45) is 0. The Kier molecular flexibility index (Phi) is 6.68. The van der Waals surface area contributed by atoms with E-state index in [1.54, 1.807) is 17.0 Å². The van der Waals surface area contributed by atoms with Crippen LogP contribution in [-0.4, -0.2) is 69.6 Å². The Morgan fingerprint density at radius 1 is 1.06 bits per heavy atom. The highest BCUT2D eigenvalue weighted by atomic mass is 32.2. The van der Waals surface area contributed by atoms with Gasteiger partial charge in [-0.2, -0.15) is 4.31 Å². The van der Waals surface area contributed by atoms with Gasteiger partial charge in [0.1, 0.15) is 13.2 Å². The summed E-state index contributed by atoms with van der Waals surface area (Å²) >= 11 is 0. The fourth-order valence-electron chi connectivity index (χ4n) is 3.89. The Morgan fingerprint density at radius 2 is 1.81 bits per heavy atom. The number of hydrogen-bond donors (Lipinski definition) is 0. The zero-order valence-electron chi connectivity index (χ0n) is 18.4. The third kappa shape index (κ3) is 4.46. The van der Waals surface area contributed by atoms with Crippen LogP contribution in [0.1, 0.15) is 28.4 Å². The molecule has 1 amide bonds. The molecule has 1 saturated heterocycles. The molecule has 32 heavy (non-hydrogen) atoms. The van der Waals surface area contributed by atoms with E-state index in [2.05, 4.69) is 0 Å². The molecule has 9 heteroatoms. The molecule has 0 atom stereocenters. The summed E-state index contributed by atoms with van der Waals surface area (Å²) in [4.78, 5) is 15.3. The molecule has 4 rings (SSSR count). The lowest BCUT2D eigenvalue weighted by molar-refractivity contribution is 0.0729. The minimum absolute atomic E-state index is 0.123. The summed E-state index contributed by atoms with van der Waals surface area (Å²) < 4.78 is 44.3. The number of carbonyl (C=O) groups excluding carboxylic acids is 1. The van der Waals surface area contributed by atoms with E-state index < -0.39 is 10.0 Å². The first-order valence-electron chi connectivity index (χ1n) is 10.8. The van der Waals surface area contributed by atoms with Crippen molar-refractivity contribution < 1.29 is 27.4 Å².